The van der Waals surface area contributed by atoms with E-state index in [1.807, 2.05) is 31.2 Å². The first kappa shape index (κ1) is 13.4. The summed E-state index contributed by atoms with van der Waals surface area (Å²) in [7, 11) is 1.64. The van der Waals surface area contributed by atoms with Gasteiger partial charge in [-0.3, -0.25) is 0 Å². The van der Waals surface area contributed by atoms with Crippen molar-refractivity contribution >= 4 is 0 Å². The number of hydrogen-bond donors (Lipinski definition) is 1. The molecule has 1 aromatic rings. The van der Waals surface area contributed by atoms with Crippen LogP contribution >= 0.6 is 0 Å². The molecular formula is C15H22O3. The number of ether oxygens (including phenoxy) is 2. The van der Waals surface area contributed by atoms with Gasteiger partial charge in [-0.15, -0.1) is 0 Å². The third-order valence-electron chi connectivity index (χ3n) is 4.14. The quantitative estimate of drug-likeness (QED) is 0.896. The lowest BCUT2D eigenvalue weighted by atomic mass is 9.82. The average molecular weight is 250 g/mol. The number of hydrogen-bond acceptors (Lipinski definition) is 3. The third-order valence-corrected chi connectivity index (χ3v) is 4.14. The molecule has 3 heteroatoms. The highest BCUT2D eigenvalue weighted by Gasteiger charge is 2.41. The number of rotatable bonds is 3. The highest BCUT2D eigenvalue weighted by Crippen LogP contribution is 2.40. The van der Waals surface area contributed by atoms with Gasteiger partial charge in [0.05, 0.1) is 25.4 Å². The molecule has 1 N–H and O–H groups in total. The number of benzene rings is 1. The van der Waals surface area contributed by atoms with E-state index in [0.717, 1.165) is 11.3 Å². The van der Waals surface area contributed by atoms with Crippen LogP contribution in [0.2, 0.25) is 0 Å². The zero-order valence-electron chi connectivity index (χ0n) is 11.5. The number of methoxy groups -OCH3 is 1. The molecule has 1 heterocycles. The van der Waals surface area contributed by atoms with Crippen LogP contribution in [-0.4, -0.2) is 24.4 Å². The molecular weight excluding hydrogens is 228 g/mol. The van der Waals surface area contributed by atoms with E-state index < -0.39 is 6.10 Å². The minimum absolute atomic E-state index is 0.0899. The Morgan fingerprint density at radius 1 is 1.11 bits per heavy atom. The zero-order chi connectivity index (χ0) is 13.3. The summed E-state index contributed by atoms with van der Waals surface area (Å²) in [5, 5.41) is 10.5. The van der Waals surface area contributed by atoms with Gasteiger partial charge < -0.3 is 14.6 Å². The van der Waals surface area contributed by atoms with Crippen molar-refractivity contribution in [2.24, 2.45) is 11.8 Å². The van der Waals surface area contributed by atoms with Crippen LogP contribution in [0.3, 0.4) is 0 Å². The topological polar surface area (TPSA) is 38.7 Å². The number of aliphatic hydroxyl groups excluding tert-OH is 1. The molecule has 0 aliphatic carbocycles. The van der Waals surface area contributed by atoms with E-state index in [-0.39, 0.29) is 18.1 Å². The van der Waals surface area contributed by atoms with Gasteiger partial charge in [-0.2, -0.15) is 0 Å². The lowest BCUT2D eigenvalue weighted by Crippen LogP contribution is -2.24. The normalized spacial score (nSPS) is 33.4. The Kier molecular flexibility index (Phi) is 3.93. The van der Waals surface area contributed by atoms with Crippen LogP contribution in [0.25, 0.3) is 0 Å². The maximum Gasteiger partial charge on any atom is 0.118 e. The second-order valence-corrected chi connectivity index (χ2v) is 5.20. The van der Waals surface area contributed by atoms with Crippen LogP contribution in [0, 0.1) is 11.8 Å². The van der Waals surface area contributed by atoms with Crippen molar-refractivity contribution in [1.29, 1.82) is 0 Å². The third kappa shape index (κ3) is 2.38. The van der Waals surface area contributed by atoms with E-state index in [2.05, 4.69) is 13.8 Å². The lowest BCUT2D eigenvalue weighted by Gasteiger charge is -2.25. The fourth-order valence-electron chi connectivity index (χ4n) is 2.86. The summed E-state index contributed by atoms with van der Waals surface area (Å²) >= 11 is 0. The van der Waals surface area contributed by atoms with Gasteiger partial charge in [-0.25, -0.2) is 0 Å². The Balaban J connectivity index is 2.17. The lowest BCUT2D eigenvalue weighted by molar-refractivity contribution is 0.0231. The first-order chi connectivity index (χ1) is 8.54. The van der Waals surface area contributed by atoms with E-state index in [4.69, 9.17) is 9.47 Å². The standard InChI is InChI=1S/C15H22O3/c1-9-10(2)18-11(3)14(9)15(16)12-5-7-13(17-4)8-6-12/h5-11,14-16H,1-4H3. The molecule has 1 aromatic carbocycles. The summed E-state index contributed by atoms with van der Waals surface area (Å²) in [5.74, 6) is 1.31. The Hall–Kier alpha value is -1.06. The molecule has 2 rings (SSSR count). The van der Waals surface area contributed by atoms with Crippen LogP contribution < -0.4 is 4.74 Å². The summed E-state index contributed by atoms with van der Waals surface area (Å²) in [6, 6.07) is 7.61. The molecule has 5 unspecified atom stereocenters. The first-order valence-corrected chi connectivity index (χ1v) is 6.52. The van der Waals surface area contributed by atoms with E-state index in [9.17, 15) is 5.11 Å². The minimum Gasteiger partial charge on any atom is -0.497 e. The largest absolute Gasteiger partial charge is 0.497 e. The van der Waals surface area contributed by atoms with E-state index in [0.29, 0.717) is 5.92 Å². The summed E-state index contributed by atoms with van der Waals surface area (Å²) in [4.78, 5) is 0. The first-order valence-electron chi connectivity index (χ1n) is 6.52. The van der Waals surface area contributed by atoms with Crippen molar-refractivity contribution in [1.82, 2.24) is 0 Å². The van der Waals surface area contributed by atoms with E-state index in [1.165, 1.54) is 0 Å². The van der Waals surface area contributed by atoms with Crippen LogP contribution in [0.5, 0.6) is 5.75 Å². The van der Waals surface area contributed by atoms with Crippen molar-refractivity contribution in [3.8, 4) is 5.75 Å². The van der Waals surface area contributed by atoms with Gasteiger partial charge in [0.15, 0.2) is 0 Å². The van der Waals surface area contributed by atoms with Crippen LogP contribution in [0.4, 0.5) is 0 Å². The molecule has 5 atom stereocenters. The van der Waals surface area contributed by atoms with Gasteiger partial charge in [0.1, 0.15) is 5.75 Å². The Morgan fingerprint density at radius 2 is 1.72 bits per heavy atom. The SMILES string of the molecule is COc1ccc(C(O)C2C(C)OC(C)C2C)cc1. The van der Waals surface area contributed by atoms with Gasteiger partial charge in [0.25, 0.3) is 0 Å². The molecule has 0 aromatic heterocycles. The van der Waals surface area contributed by atoms with Crippen LogP contribution in [-0.2, 0) is 4.74 Å². The summed E-state index contributed by atoms with van der Waals surface area (Å²) < 4.78 is 10.9. The van der Waals surface area contributed by atoms with Crippen molar-refractivity contribution in [2.45, 2.75) is 39.1 Å². The van der Waals surface area contributed by atoms with Crippen LogP contribution in [0.1, 0.15) is 32.4 Å². The van der Waals surface area contributed by atoms with Gasteiger partial charge in [0, 0.05) is 5.92 Å². The molecule has 1 aliphatic rings. The molecule has 0 radical (unpaired) electrons. The zero-order valence-corrected chi connectivity index (χ0v) is 11.5. The fourth-order valence-corrected chi connectivity index (χ4v) is 2.86. The molecule has 18 heavy (non-hydrogen) atoms. The molecule has 1 fully saturated rings. The smallest absolute Gasteiger partial charge is 0.118 e. The van der Waals surface area contributed by atoms with Crippen LogP contribution in [0.15, 0.2) is 24.3 Å². The molecule has 1 saturated heterocycles. The predicted molar refractivity (Wildman–Crippen MR) is 70.6 cm³/mol. The Bertz CT molecular complexity index is 387. The highest BCUT2D eigenvalue weighted by molar-refractivity contribution is 5.29. The average Bonchev–Trinajstić information content (AvgIpc) is 2.63. The van der Waals surface area contributed by atoms with Gasteiger partial charge >= 0.3 is 0 Å². The van der Waals surface area contributed by atoms with E-state index >= 15 is 0 Å². The molecule has 0 bridgehead atoms. The van der Waals surface area contributed by atoms with Crippen molar-refractivity contribution in [2.75, 3.05) is 7.11 Å². The molecule has 0 saturated carbocycles. The summed E-state index contributed by atoms with van der Waals surface area (Å²) in [6.07, 6.45) is -0.184. The Labute approximate surface area is 109 Å². The Morgan fingerprint density at radius 3 is 2.17 bits per heavy atom. The summed E-state index contributed by atoms with van der Waals surface area (Å²) in [5.41, 5.74) is 0.928. The minimum atomic E-state index is -0.481. The van der Waals surface area contributed by atoms with Gasteiger partial charge in [-0.1, -0.05) is 19.1 Å². The van der Waals surface area contributed by atoms with Crippen molar-refractivity contribution < 1.29 is 14.6 Å². The predicted octanol–water partition coefficient (Wildman–Crippen LogP) is 2.79. The summed E-state index contributed by atoms with van der Waals surface area (Å²) in [6.45, 7) is 6.25. The van der Waals surface area contributed by atoms with Crippen molar-refractivity contribution in [3.05, 3.63) is 29.8 Å². The molecule has 1 aliphatic heterocycles. The maximum atomic E-state index is 10.5. The second kappa shape index (κ2) is 5.29. The number of aliphatic hydroxyl groups is 1. The highest BCUT2D eigenvalue weighted by atomic mass is 16.5. The second-order valence-electron chi connectivity index (χ2n) is 5.20. The van der Waals surface area contributed by atoms with Gasteiger partial charge in [-0.05, 0) is 37.5 Å². The molecule has 100 valence electrons. The maximum absolute atomic E-state index is 10.5. The molecule has 3 nitrogen and oxygen atoms in total. The van der Waals surface area contributed by atoms with E-state index in [1.54, 1.807) is 7.11 Å². The van der Waals surface area contributed by atoms with Crippen molar-refractivity contribution in [3.63, 3.8) is 0 Å². The molecule has 0 amide bonds. The van der Waals surface area contributed by atoms with Gasteiger partial charge in [0.2, 0.25) is 0 Å². The molecule has 0 spiro atoms. The monoisotopic (exact) mass is 250 g/mol. The fraction of sp³-hybridized carbons (Fsp3) is 0.600.